The Bertz CT molecular complexity index is 633. The van der Waals surface area contributed by atoms with Gasteiger partial charge in [-0.3, -0.25) is 0 Å². The molecule has 0 amide bonds. The average molecular weight is 275 g/mol. The Morgan fingerprint density at radius 1 is 1.05 bits per heavy atom. The Kier molecular flexibility index (Phi) is 3.72. The lowest BCUT2D eigenvalue weighted by Crippen LogP contribution is -2.19. The minimum absolute atomic E-state index is 0.0595. The summed E-state index contributed by atoms with van der Waals surface area (Å²) in [5.74, 6) is 7.62. The van der Waals surface area contributed by atoms with E-state index < -0.39 is 0 Å². The van der Waals surface area contributed by atoms with Gasteiger partial charge in [0, 0.05) is 17.0 Å². The number of pyridine rings is 1. The topological polar surface area (TPSA) is 69.4 Å². The molecular weight excluding hydrogens is 254 g/mol. The second-order valence-electron chi connectivity index (χ2n) is 5.68. The molecule has 0 saturated heterocycles. The summed E-state index contributed by atoms with van der Waals surface area (Å²) in [6.45, 7) is 6.37. The molecule has 0 fully saturated rings. The van der Waals surface area contributed by atoms with Crippen molar-refractivity contribution in [2.75, 3.05) is 19.6 Å². The Morgan fingerprint density at radius 2 is 1.65 bits per heavy atom. The van der Waals surface area contributed by atoms with Crippen molar-refractivity contribution in [3.05, 3.63) is 23.8 Å². The van der Waals surface area contributed by atoms with Gasteiger partial charge in [-0.15, -0.1) is 0 Å². The summed E-state index contributed by atoms with van der Waals surface area (Å²) in [6.07, 6.45) is 0. The number of nitrogens with zero attached hydrogens (tertiary/aromatic N) is 1. The molecule has 1 aromatic carbocycles. The van der Waals surface area contributed by atoms with E-state index in [1.54, 1.807) is 14.2 Å². The summed E-state index contributed by atoms with van der Waals surface area (Å²) in [7, 11) is 3.23. The van der Waals surface area contributed by atoms with Gasteiger partial charge in [-0.2, -0.15) is 0 Å². The molecule has 2 aromatic rings. The summed E-state index contributed by atoms with van der Waals surface area (Å²) in [5, 5.41) is 0.992. The monoisotopic (exact) mass is 275 g/mol. The van der Waals surface area contributed by atoms with Gasteiger partial charge in [0.2, 0.25) is 0 Å². The molecule has 5 heteroatoms. The molecule has 0 aliphatic rings. The van der Waals surface area contributed by atoms with Crippen LogP contribution in [0.2, 0.25) is 0 Å². The lowest BCUT2D eigenvalue weighted by molar-refractivity contribution is 0.356. The number of benzene rings is 1. The van der Waals surface area contributed by atoms with E-state index in [1.165, 1.54) is 0 Å². The number of hydrogen-bond acceptors (Lipinski definition) is 5. The van der Waals surface area contributed by atoms with Gasteiger partial charge in [-0.1, -0.05) is 20.8 Å². The van der Waals surface area contributed by atoms with Gasteiger partial charge < -0.3 is 14.9 Å². The van der Waals surface area contributed by atoms with Crippen LogP contribution in [0.1, 0.15) is 26.3 Å². The number of rotatable bonds is 3. The van der Waals surface area contributed by atoms with Crippen LogP contribution in [0.3, 0.4) is 0 Å². The van der Waals surface area contributed by atoms with Crippen molar-refractivity contribution in [3.8, 4) is 11.5 Å². The normalized spacial score (nSPS) is 11.5. The number of aromatic nitrogens is 1. The molecule has 3 N–H and O–H groups in total. The van der Waals surface area contributed by atoms with Crippen LogP contribution >= 0.6 is 0 Å². The first kappa shape index (κ1) is 14.4. The second-order valence-corrected chi connectivity index (χ2v) is 5.68. The predicted octanol–water partition coefficient (Wildman–Crippen LogP) is 2.84. The van der Waals surface area contributed by atoms with E-state index >= 15 is 0 Å². The van der Waals surface area contributed by atoms with Crippen LogP contribution in [-0.2, 0) is 5.41 Å². The summed E-state index contributed by atoms with van der Waals surface area (Å²) >= 11 is 0. The van der Waals surface area contributed by atoms with Crippen molar-refractivity contribution >= 4 is 16.7 Å². The molecule has 0 spiro atoms. The first-order chi connectivity index (χ1) is 9.40. The number of nitrogen functional groups attached to an aromatic ring is 1. The van der Waals surface area contributed by atoms with Gasteiger partial charge in [-0.25, -0.2) is 10.8 Å². The fourth-order valence-corrected chi connectivity index (χ4v) is 2.18. The van der Waals surface area contributed by atoms with E-state index in [0.29, 0.717) is 17.3 Å². The molecule has 0 aliphatic heterocycles. The van der Waals surface area contributed by atoms with Crippen LogP contribution in [0.15, 0.2) is 18.2 Å². The Morgan fingerprint density at radius 3 is 2.15 bits per heavy atom. The lowest BCUT2D eigenvalue weighted by atomic mass is 9.86. The molecular formula is C15H21N3O2. The third-order valence-corrected chi connectivity index (χ3v) is 3.26. The van der Waals surface area contributed by atoms with E-state index in [9.17, 15) is 0 Å². The van der Waals surface area contributed by atoms with E-state index in [1.807, 2.05) is 12.1 Å². The van der Waals surface area contributed by atoms with Gasteiger partial charge in [0.25, 0.3) is 0 Å². The number of methoxy groups -OCH3 is 2. The zero-order chi connectivity index (χ0) is 14.9. The highest BCUT2D eigenvalue weighted by Gasteiger charge is 2.20. The maximum absolute atomic E-state index is 5.60. The van der Waals surface area contributed by atoms with Crippen LogP contribution in [0.4, 0.5) is 5.82 Å². The molecule has 0 atom stereocenters. The fraction of sp³-hybridized carbons (Fsp3) is 0.400. The minimum atomic E-state index is -0.0595. The first-order valence-electron chi connectivity index (χ1n) is 6.44. The number of nitrogens with one attached hydrogen (secondary N) is 1. The van der Waals surface area contributed by atoms with Crippen LogP contribution in [0.25, 0.3) is 10.9 Å². The third kappa shape index (κ3) is 2.49. The molecule has 20 heavy (non-hydrogen) atoms. The summed E-state index contributed by atoms with van der Waals surface area (Å²) < 4.78 is 10.6. The predicted molar refractivity (Wildman–Crippen MR) is 81.4 cm³/mol. The smallest absolute Gasteiger partial charge is 0.162 e. The van der Waals surface area contributed by atoms with Gasteiger partial charge in [0.15, 0.2) is 11.5 Å². The Hall–Kier alpha value is -2.01. The van der Waals surface area contributed by atoms with Gasteiger partial charge in [0.1, 0.15) is 5.82 Å². The first-order valence-corrected chi connectivity index (χ1v) is 6.44. The second kappa shape index (κ2) is 5.17. The molecule has 0 unspecified atom stereocenters. The van der Waals surface area contributed by atoms with Crippen molar-refractivity contribution in [1.29, 1.82) is 0 Å². The number of hydrazine groups is 1. The van der Waals surface area contributed by atoms with Gasteiger partial charge in [-0.05, 0) is 17.5 Å². The van der Waals surface area contributed by atoms with E-state index in [-0.39, 0.29) is 5.41 Å². The number of anilines is 1. The lowest BCUT2D eigenvalue weighted by Gasteiger charge is -2.22. The van der Waals surface area contributed by atoms with Crippen LogP contribution in [0.5, 0.6) is 11.5 Å². The average Bonchev–Trinajstić information content (AvgIpc) is 2.43. The molecule has 0 saturated carbocycles. The number of fused-ring (bicyclic) bond motifs is 1. The number of ether oxygens (including phenoxy) is 2. The highest BCUT2D eigenvalue weighted by molar-refractivity contribution is 5.85. The van der Waals surface area contributed by atoms with E-state index in [4.69, 9.17) is 15.3 Å². The van der Waals surface area contributed by atoms with E-state index in [2.05, 4.69) is 37.2 Å². The van der Waals surface area contributed by atoms with Crippen molar-refractivity contribution in [3.63, 3.8) is 0 Å². The maximum atomic E-state index is 5.60. The van der Waals surface area contributed by atoms with E-state index in [0.717, 1.165) is 16.5 Å². The molecule has 1 aromatic heterocycles. The van der Waals surface area contributed by atoms with Gasteiger partial charge in [0.05, 0.1) is 19.7 Å². The number of hydrogen-bond donors (Lipinski definition) is 2. The zero-order valence-electron chi connectivity index (χ0n) is 12.6. The molecule has 1 heterocycles. The number of nitrogens with two attached hydrogens (primary N) is 1. The quantitative estimate of drug-likeness (QED) is 0.666. The van der Waals surface area contributed by atoms with Crippen LogP contribution in [0, 0.1) is 0 Å². The third-order valence-electron chi connectivity index (χ3n) is 3.26. The molecule has 0 bridgehead atoms. The fourth-order valence-electron chi connectivity index (χ4n) is 2.18. The highest BCUT2D eigenvalue weighted by Crippen LogP contribution is 2.36. The molecule has 2 rings (SSSR count). The van der Waals surface area contributed by atoms with Crippen LogP contribution in [-0.4, -0.2) is 19.2 Å². The standard InChI is InChI=1S/C15H21N3O2/c1-15(2,3)10-6-9-7-12(19-4)13(20-5)8-11(9)17-14(10)18-16/h6-8H,16H2,1-5H3,(H,17,18). The van der Waals surface area contributed by atoms with Crippen molar-refractivity contribution < 1.29 is 9.47 Å². The highest BCUT2D eigenvalue weighted by atomic mass is 16.5. The maximum Gasteiger partial charge on any atom is 0.162 e. The van der Waals surface area contributed by atoms with Gasteiger partial charge >= 0.3 is 0 Å². The Balaban J connectivity index is 2.74. The SMILES string of the molecule is COc1cc2cc(C(C)(C)C)c(NN)nc2cc1OC. The molecule has 0 aliphatic carbocycles. The molecule has 5 nitrogen and oxygen atoms in total. The van der Waals surface area contributed by atoms with Crippen molar-refractivity contribution in [1.82, 2.24) is 4.98 Å². The summed E-state index contributed by atoms with van der Waals surface area (Å²) in [5.41, 5.74) is 4.48. The summed E-state index contributed by atoms with van der Waals surface area (Å²) in [6, 6.07) is 5.86. The largest absolute Gasteiger partial charge is 0.493 e. The van der Waals surface area contributed by atoms with Crippen molar-refractivity contribution in [2.24, 2.45) is 5.84 Å². The molecule has 0 radical (unpaired) electrons. The summed E-state index contributed by atoms with van der Waals surface area (Å²) in [4.78, 5) is 4.57. The molecule has 108 valence electrons. The van der Waals surface area contributed by atoms with Crippen molar-refractivity contribution in [2.45, 2.75) is 26.2 Å². The minimum Gasteiger partial charge on any atom is -0.493 e. The zero-order valence-corrected chi connectivity index (χ0v) is 12.6. The van der Waals surface area contributed by atoms with Crippen LogP contribution < -0.4 is 20.7 Å². The Labute approximate surface area is 119 Å².